The zero-order chi connectivity index (χ0) is 13.3. The van der Waals surface area contributed by atoms with Gasteiger partial charge in [-0.3, -0.25) is 5.41 Å². The molecule has 6 heteroatoms. The van der Waals surface area contributed by atoms with Crippen molar-refractivity contribution in [2.75, 3.05) is 18.5 Å². The number of nitrogens with one attached hydrogen (secondary N) is 2. The minimum Gasteiger partial charge on any atom is -0.360 e. The summed E-state index contributed by atoms with van der Waals surface area (Å²) in [5.41, 5.74) is 5.49. The summed E-state index contributed by atoms with van der Waals surface area (Å²) in [4.78, 5) is 6.21. The lowest BCUT2D eigenvalue weighted by Crippen LogP contribution is -2.48. The van der Waals surface area contributed by atoms with Gasteiger partial charge in [0.15, 0.2) is 5.15 Å². The molecule has 1 aromatic rings. The molecule has 0 bridgehead atoms. The summed E-state index contributed by atoms with van der Waals surface area (Å²) in [7, 11) is 1.73. The predicted molar refractivity (Wildman–Crippen MR) is 75.1 cm³/mol. The van der Waals surface area contributed by atoms with Crippen LogP contribution in [-0.2, 0) is 0 Å². The molecule has 0 saturated carbocycles. The van der Waals surface area contributed by atoms with Crippen LogP contribution >= 0.6 is 11.6 Å². The van der Waals surface area contributed by atoms with E-state index in [-0.39, 0.29) is 6.04 Å². The second kappa shape index (κ2) is 4.94. The summed E-state index contributed by atoms with van der Waals surface area (Å²) < 4.78 is 0. The molecule has 0 amide bonds. The first-order valence-corrected chi connectivity index (χ1v) is 6.24. The highest BCUT2D eigenvalue weighted by Crippen LogP contribution is 2.34. The number of hydrogen-bond acceptors (Lipinski definition) is 5. The molecule has 0 aromatic carbocycles. The molecule has 0 radical (unpaired) electrons. The molecule has 0 spiro atoms. The van der Waals surface area contributed by atoms with Crippen LogP contribution in [0.4, 0.5) is 5.69 Å². The molecule has 96 valence electrons. The van der Waals surface area contributed by atoms with Gasteiger partial charge in [-0.1, -0.05) is 11.6 Å². The molecule has 5 nitrogen and oxygen atoms in total. The van der Waals surface area contributed by atoms with E-state index in [1.165, 1.54) is 0 Å². The van der Waals surface area contributed by atoms with Gasteiger partial charge in [-0.15, -0.1) is 0 Å². The van der Waals surface area contributed by atoms with Crippen LogP contribution in [0.2, 0.25) is 5.15 Å². The summed E-state index contributed by atoms with van der Waals surface area (Å²) >= 11 is 6.17. The fraction of sp³-hybridized carbons (Fsp3) is 0.417. The predicted octanol–water partition coefficient (Wildman–Crippen LogP) is 1.91. The second-order valence-corrected chi connectivity index (χ2v) is 4.41. The van der Waals surface area contributed by atoms with E-state index in [0.29, 0.717) is 16.6 Å². The molecule has 1 unspecified atom stereocenters. The van der Waals surface area contributed by atoms with Crippen molar-refractivity contribution in [3.05, 3.63) is 23.0 Å². The lowest BCUT2D eigenvalue weighted by atomic mass is 9.94. The van der Waals surface area contributed by atoms with Gasteiger partial charge < -0.3 is 10.3 Å². The molecule has 1 aliphatic heterocycles. The van der Waals surface area contributed by atoms with Crippen LogP contribution < -0.4 is 10.3 Å². The Balaban J connectivity index is 2.64. The Morgan fingerprint density at radius 2 is 2.33 bits per heavy atom. The Bertz CT molecular complexity index is 511. The molecule has 0 saturated heterocycles. The van der Waals surface area contributed by atoms with E-state index >= 15 is 0 Å². The number of fused-ring (bicyclic) bond motifs is 1. The monoisotopic (exact) mass is 265 g/mol. The average Bonchev–Trinajstić information content (AvgIpc) is 2.36. The molecule has 0 aliphatic carbocycles. The van der Waals surface area contributed by atoms with Gasteiger partial charge in [0.2, 0.25) is 0 Å². The van der Waals surface area contributed by atoms with Gasteiger partial charge in [0.1, 0.15) is 5.71 Å². The molecular formula is C12H16ClN5. The highest BCUT2D eigenvalue weighted by molar-refractivity contribution is 6.52. The Hall–Kier alpha value is -1.62. The van der Waals surface area contributed by atoms with Crippen molar-refractivity contribution in [2.24, 2.45) is 5.10 Å². The number of hydrogen-bond donors (Lipinski definition) is 2. The molecule has 2 heterocycles. The Kier molecular flexibility index (Phi) is 3.52. The average molecular weight is 266 g/mol. The highest BCUT2D eigenvalue weighted by atomic mass is 35.5. The quantitative estimate of drug-likeness (QED) is 0.634. The summed E-state index contributed by atoms with van der Waals surface area (Å²) in [6, 6.07) is 1.81. The van der Waals surface area contributed by atoms with Gasteiger partial charge in [0.25, 0.3) is 0 Å². The maximum Gasteiger partial charge on any atom is 0.152 e. The lowest BCUT2D eigenvalue weighted by molar-refractivity contribution is 0.767. The Labute approximate surface area is 111 Å². The Morgan fingerprint density at radius 1 is 1.61 bits per heavy atom. The van der Waals surface area contributed by atoms with Gasteiger partial charge in [-0.05, 0) is 19.9 Å². The first kappa shape index (κ1) is 12.8. The van der Waals surface area contributed by atoms with E-state index in [4.69, 9.17) is 17.0 Å². The van der Waals surface area contributed by atoms with E-state index < -0.39 is 0 Å². The largest absolute Gasteiger partial charge is 0.360 e. The summed E-state index contributed by atoms with van der Waals surface area (Å²) in [6.45, 7) is 4.85. The van der Waals surface area contributed by atoms with Crippen molar-refractivity contribution in [2.45, 2.75) is 19.9 Å². The van der Waals surface area contributed by atoms with Crippen molar-refractivity contribution in [1.29, 1.82) is 5.41 Å². The standard InChI is InChI=1S/C12H16ClN5/c1-4-18-7(2)10(17-15-3)9(14)8-5-6-16-12(13)11(8)18/h5-7,14-15H,4H2,1-3H3/b14-9?,17-10-. The molecular weight excluding hydrogens is 250 g/mol. The van der Waals surface area contributed by atoms with Crippen molar-refractivity contribution in [3.8, 4) is 0 Å². The van der Waals surface area contributed by atoms with Crippen LogP contribution in [0.15, 0.2) is 17.4 Å². The number of halogens is 1. The third-order valence-electron chi connectivity index (χ3n) is 3.13. The van der Waals surface area contributed by atoms with Gasteiger partial charge in [-0.25, -0.2) is 4.98 Å². The first-order valence-electron chi connectivity index (χ1n) is 5.86. The van der Waals surface area contributed by atoms with Crippen molar-refractivity contribution < 1.29 is 0 Å². The van der Waals surface area contributed by atoms with E-state index in [2.05, 4.69) is 27.3 Å². The van der Waals surface area contributed by atoms with E-state index in [1.54, 1.807) is 13.2 Å². The minimum atomic E-state index is 0.00384. The molecule has 18 heavy (non-hydrogen) atoms. The van der Waals surface area contributed by atoms with Crippen LogP contribution in [0.25, 0.3) is 0 Å². The van der Waals surface area contributed by atoms with E-state index in [9.17, 15) is 0 Å². The lowest BCUT2D eigenvalue weighted by Gasteiger charge is -2.37. The second-order valence-electron chi connectivity index (χ2n) is 4.06. The number of aromatic nitrogens is 1. The van der Waals surface area contributed by atoms with Crippen LogP contribution in [0.1, 0.15) is 19.4 Å². The maximum absolute atomic E-state index is 8.24. The summed E-state index contributed by atoms with van der Waals surface area (Å²) in [6.07, 6.45) is 1.62. The minimum absolute atomic E-state index is 0.00384. The van der Waals surface area contributed by atoms with Gasteiger partial charge in [0, 0.05) is 25.4 Å². The zero-order valence-electron chi connectivity index (χ0n) is 10.7. The number of nitrogens with zero attached hydrogens (tertiary/aromatic N) is 3. The number of pyridine rings is 1. The van der Waals surface area contributed by atoms with Crippen molar-refractivity contribution in [3.63, 3.8) is 0 Å². The maximum atomic E-state index is 8.24. The molecule has 1 atom stereocenters. The highest BCUT2D eigenvalue weighted by Gasteiger charge is 2.33. The van der Waals surface area contributed by atoms with Gasteiger partial charge in [0.05, 0.1) is 17.4 Å². The van der Waals surface area contributed by atoms with E-state index in [0.717, 1.165) is 17.8 Å². The third-order valence-corrected chi connectivity index (χ3v) is 3.41. The molecule has 1 aliphatic rings. The summed E-state index contributed by atoms with van der Waals surface area (Å²) in [5.74, 6) is 0. The molecule has 0 fully saturated rings. The fourth-order valence-corrected chi connectivity index (χ4v) is 2.56. The SMILES string of the molecule is CCN1c2c(ccnc2Cl)C(=N)/C(=N\NC)C1C. The van der Waals surface area contributed by atoms with Crippen LogP contribution in [0, 0.1) is 5.41 Å². The third kappa shape index (κ3) is 1.84. The van der Waals surface area contributed by atoms with Crippen molar-refractivity contribution in [1.82, 2.24) is 10.4 Å². The van der Waals surface area contributed by atoms with Crippen LogP contribution in [0.3, 0.4) is 0 Å². The van der Waals surface area contributed by atoms with Crippen LogP contribution in [-0.4, -0.2) is 36.0 Å². The fourth-order valence-electron chi connectivity index (χ4n) is 2.29. The number of hydrazone groups is 1. The molecule has 2 rings (SSSR count). The number of anilines is 1. The molecule has 1 aromatic heterocycles. The van der Waals surface area contributed by atoms with Crippen molar-refractivity contribution >= 4 is 28.7 Å². The van der Waals surface area contributed by atoms with Crippen LogP contribution in [0.5, 0.6) is 0 Å². The van der Waals surface area contributed by atoms with E-state index in [1.807, 2.05) is 13.0 Å². The first-order chi connectivity index (χ1) is 8.61. The van der Waals surface area contributed by atoms with Gasteiger partial charge >= 0.3 is 0 Å². The number of rotatable bonds is 2. The topological polar surface area (TPSA) is 64.4 Å². The van der Waals surface area contributed by atoms with Gasteiger partial charge in [-0.2, -0.15) is 5.10 Å². The Morgan fingerprint density at radius 3 is 2.94 bits per heavy atom. The molecule has 2 N–H and O–H groups in total. The summed E-state index contributed by atoms with van der Waals surface area (Å²) in [5, 5.41) is 12.9. The normalized spacial score (nSPS) is 21.1. The smallest absolute Gasteiger partial charge is 0.152 e. The zero-order valence-corrected chi connectivity index (χ0v) is 11.4.